The standard InChI is InChI=1S/C13H13ClN2O2S2/c1-16-10(6-9(15-16)13(17)18)7-4-8(14)12(20-3)11(5-7)19-2/h4-6H,1-3H3,(H,17,18). The molecule has 0 aliphatic carbocycles. The number of benzene rings is 1. The van der Waals surface area contributed by atoms with Gasteiger partial charge in [0.05, 0.1) is 10.7 Å². The van der Waals surface area contributed by atoms with Crippen molar-refractivity contribution in [2.24, 2.45) is 7.05 Å². The Morgan fingerprint density at radius 2 is 2.00 bits per heavy atom. The zero-order chi connectivity index (χ0) is 14.9. The van der Waals surface area contributed by atoms with Gasteiger partial charge in [0.25, 0.3) is 0 Å². The molecule has 0 radical (unpaired) electrons. The van der Waals surface area contributed by atoms with Crippen molar-refractivity contribution in [1.82, 2.24) is 9.78 Å². The number of carbonyl (C=O) groups is 1. The molecule has 0 aliphatic rings. The van der Waals surface area contributed by atoms with Gasteiger partial charge in [-0.3, -0.25) is 4.68 Å². The molecule has 1 aromatic heterocycles. The van der Waals surface area contributed by atoms with E-state index in [1.54, 1.807) is 41.3 Å². The van der Waals surface area contributed by atoms with Crippen LogP contribution in [0.3, 0.4) is 0 Å². The number of carboxylic acid groups (broad SMARTS) is 1. The molecule has 0 fully saturated rings. The van der Waals surface area contributed by atoms with Crippen molar-refractivity contribution in [3.63, 3.8) is 0 Å². The van der Waals surface area contributed by atoms with E-state index in [1.165, 1.54) is 0 Å². The maximum absolute atomic E-state index is 11.0. The SMILES string of the molecule is CSc1cc(-c2cc(C(=O)O)nn2C)cc(Cl)c1SC. The molecule has 0 bridgehead atoms. The summed E-state index contributed by atoms with van der Waals surface area (Å²) in [7, 11) is 1.72. The number of halogens is 1. The molecule has 20 heavy (non-hydrogen) atoms. The van der Waals surface area contributed by atoms with Gasteiger partial charge in [-0.15, -0.1) is 23.5 Å². The highest BCUT2D eigenvalue weighted by Crippen LogP contribution is 2.38. The number of aromatic carboxylic acids is 1. The van der Waals surface area contributed by atoms with Crippen molar-refractivity contribution >= 4 is 41.1 Å². The average Bonchev–Trinajstić information content (AvgIpc) is 2.80. The molecule has 1 aromatic carbocycles. The zero-order valence-electron chi connectivity index (χ0n) is 11.2. The quantitative estimate of drug-likeness (QED) is 0.863. The molecule has 2 rings (SSSR count). The van der Waals surface area contributed by atoms with Crippen molar-refractivity contribution in [1.29, 1.82) is 0 Å². The first-order valence-corrected chi connectivity index (χ1v) is 8.50. The zero-order valence-corrected chi connectivity index (χ0v) is 13.6. The molecule has 0 spiro atoms. The first-order chi connectivity index (χ1) is 9.47. The minimum absolute atomic E-state index is 0.0262. The summed E-state index contributed by atoms with van der Waals surface area (Å²) in [6, 6.07) is 5.40. The monoisotopic (exact) mass is 328 g/mol. The predicted molar refractivity (Wildman–Crippen MR) is 84.2 cm³/mol. The fourth-order valence-electron chi connectivity index (χ4n) is 1.91. The molecule has 7 heteroatoms. The first-order valence-electron chi connectivity index (χ1n) is 5.67. The number of hydrogen-bond donors (Lipinski definition) is 1. The van der Waals surface area contributed by atoms with Crippen molar-refractivity contribution in [3.8, 4) is 11.3 Å². The van der Waals surface area contributed by atoms with Crippen LogP contribution in [-0.2, 0) is 7.05 Å². The van der Waals surface area contributed by atoms with Gasteiger partial charge in [-0.25, -0.2) is 4.79 Å². The van der Waals surface area contributed by atoms with Crippen LogP contribution in [0.25, 0.3) is 11.3 Å². The molecule has 0 unspecified atom stereocenters. The van der Waals surface area contributed by atoms with Crippen LogP contribution in [0.5, 0.6) is 0 Å². The van der Waals surface area contributed by atoms with E-state index in [0.29, 0.717) is 5.02 Å². The van der Waals surface area contributed by atoms with Gasteiger partial charge in [0.1, 0.15) is 0 Å². The van der Waals surface area contributed by atoms with Crippen LogP contribution >= 0.6 is 35.1 Å². The van der Waals surface area contributed by atoms with Crippen molar-refractivity contribution in [2.75, 3.05) is 12.5 Å². The normalized spacial score (nSPS) is 10.8. The number of nitrogens with zero attached hydrogens (tertiary/aromatic N) is 2. The van der Waals surface area contributed by atoms with E-state index >= 15 is 0 Å². The summed E-state index contributed by atoms with van der Waals surface area (Å²) in [5.41, 5.74) is 1.62. The molecule has 1 heterocycles. The van der Waals surface area contributed by atoms with Gasteiger partial charge < -0.3 is 5.11 Å². The van der Waals surface area contributed by atoms with E-state index < -0.39 is 5.97 Å². The third kappa shape index (κ3) is 2.82. The molecule has 1 N–H and O–H groups in total. The van der Waals surface area contributed by atoms with Gasteiger partial charge in [0.2, 0.25) is 0 Å². The second-order valence-corrected chi connectivity index (χ2v) is 6.11. The Balaban J connectivity index is 2.58. The minimum Gasteiger partial charge on any atom is -0.476 e. The first kappa shape index (κ1) is 15.3. The molecule has 0 saturated carbocycles. The lowest BCUT2D eigenvalue weighted by molar-refractivity contribution is 0.0689. The predicted octanol–water partition coefficient (Wildman–Crippen LogP) is 3.88. The van der Waals surface area contributed by atoms with Crippen LogP contribution in [0.1, 0.15) is 10.5 Å². The lowest BCUT2D eigenvalue weighted by Crippen LogP contribution is -1.99. The number of carboxylic acids is 1. The summed E-state index contributed by atoms with van der Waals surface area (Å²) in [6.45, 7) is 0. The number of aryl methyl sites for hydroxylation is 1. The van der Waals surface area contributed by atoms with Gasteiger partial charge in [-0.2, -0.15) is 5.10 Å². The summed E-state index contributed by atoms with van der Waals surface area (Å²) >= 11 is 9.51. The van der Waals surface area contributed by atoms with Crippen molar-refractivity contribution in [2.45, 2.75) is 9.79 Å². The molecule has 106 valence electrons. The van der Waals surface area contributed by atoms with Crippen molar-refractivity contribution in [3.05, 3.63) is 28.9 Å². The molecule has 0 amide bonds. The Hall–Kier alpha value is -1.11. The maximum atomic E-state index is 11.0. The van der Waals surface area contributed by atoms with E-state index in [1.807, 2.05) is 24.6 Å². The van der Waals surface area contributed by atoms with Crippen LogP contribution in [0, 0.1) is 0 Å². The van der Waals surface area contributed by atoms with Crippen LogP contribution in [-0.4, -0.2) is 33.4 Å². The average molecular weight is 329 g/mol. The van der Waals surface area contributed by atoms with Gasteiger partial charge in [0, 0.05) is 22.4 Å². The maximum Gasteiger partial charge on any atom is 0.356 e. The second-order valence-electron chi connectivity index (χ2n) is 4.04. The Bertz CT molecular complexity index is 671. The highest BCUT2D eigenvalue weighted by atomic mass is 35.5. The molecule has 0 atom stereocenters. The van der Waals surface area contributed by atoms with Crippen LogP contribution < -0.4 is 0 Å². The van der Waals surface area contributed by atoms with E-state index in [0.717, 1.165) is 21.0 Å². The van der Waals surface area contributed by atoms with Crippen LogP contribution in [0.15, 0.2) is 28.0 Å². The molecular formula is C13H13ClN2O2S2. The van der Waals surface area contributed by atoms with E-state index in [4.69, 9.17) is 16.7 Å². The molecule has 0 saturated heterocycles. The van der Waals surface area contributed by atoms with Gasteiger partial charge >= 0.3 is 5.97 Å². The fourth-order valence-corrected chi connectivity index (χ4v) is 3.97. The minimum atomic E-state index is -1.04. The largest absolute Gasteiger partial charge is 0.476 e. The van der Waals surface area contributed by atoms with Gasteiger partial charge in [-0.1, -0.05) is 11.6 Å². The number of aromatic nitrogens is 2. The Morgan fingerprint density at radius 3 is 2.50 bits per heavy atom. The number of rotatable bonds is 4. The summed E-state index contributed by atoms with van der Waals surface area (Å²) < 4.78 is 1.55. The van der Waals surface area contributed by atoms with Crippen LogP contribution in [0.4, 0.5) is 0 Å². The van der Waals surface area contributed by atoms with Crippen LogP contribution in [0.2, 0.25) is 5.02 Å². The number of hydrogen-bond acceptors (Lipinski definition) is 4. The van der Waals surface area contributed by atoms with E-state index in [2.05, 4.69) is 5.10 Å². The van der Waals surface area contributed by atoms with E-state index in [-0.39, 0.29) is 5.69 Å². The summed E-state index contributed by atoms with van der Waals surface area (Å²) in [6.07, 6.45) is 3.97. The smallest absolute Gasteiger partial charge is 0.356 e. The third-order valence-electron chi connectivity index (χ3n) is 2.83. The highest BCUT2D eigenvalue weighted by molar-refractivity contribution is 8.01. The summed E-state index contributed by atoms with van der Waals surface area (Å²) in [5, 5.41) is 13.6. The molecule has 4 nitrogen and oxygen atoms in total. The highest BCUT2D eigenvalue weighted by Gasteiger charge is 2.15. The third-order valence-corrected chi connectivity index (χ3v) is 4.98. The number of thioether (sulfide) groups is 2. The Labute approximate surface area is 130 Å². The van der Waals surface area contributed by atoms with E-state index in [9.17, 15) is 4.79 Å². The van der Waals surface area contributed by atoms with Gasteiger partial charge in [-0.05, 0) is 30.7 Å². The molecule has 2 aromatic rings. The molecule has 0 aliphatic heterocycles. The lowest BCUT2D eigenvalue weighted by Gasteiger charge is -2.10. The Kier molecular flexibility index (Phi) is 4.67. The second kappa shape index (κ2) is 6.11. The lowest BCUT2D eigenvalue weighted by atomic mass is 10.1. The Morgan fingerprint density at radius 1 is 1.30 bits per heavy atom. The summed E-state index contributed by atoms with van der Waals surface area (Å²) in [4.78, 5) is 13.1. The fraction of sp³-hybridized carbons (Fsp3) is 0.231. The topological polar surface area (TPSA) is 55.1 Å². The van der Waals surface area contributed by atoms with Crippen molar-refractivity contribution < 1.29 is 9.90 Å². The molecular weight excluding hydrogens is 316 g/mol. The van der Waals surface area contributed by atoms with Gasteiger partial charge in [0.15, 0.2) is 5.69 Å². The summed E-state index contributed by atoms with van der Waals surface area (Å²) in [5.74, 6) is -1.04.